The minimum atomic E-state index is -0.990. The molecule has 1 N–H and O–H groups in total. The van der Waals surface area contributed by atoms with Gasteiger partial charge in [-0.15, -0.1) is 5.73 Å². The van der Waals surface area contributed by atoms with Crippen LogP contribution in [0.3, 0.4) is 0 Å². The number of hydrogen-bond donors (Lipinski definition) is 1. The van der Waals surface area contributed by atoms with Crippen LogP contribution in [-0.2, 0) is 4.79 Å². The average Bonchev–Trinajstić information content (AvgIpc) is 1.61. The van der Waals surface area contributed by atoms with E-state index in [1.54, 1.807) is 0 Å². The van der Waals surface area contributed by atoms with Gasteiger partial charge in [-0.1, -0.05) is 15.9 Å². The molecule has 0 amide bonds. The second kappa shape index (κ2) is 3.65. The molecule has 3 heteroatoms. The van der Waals surface area contributed by atoms with Crippen molar-refractivity contribution in [1.29, 1.82) is 0 Å². The molecule has 0 radical (unpaired) electrons. The zero-order valence-corrected chi connectivity index (χ0v) is 4.97. The first kappa shape index (κ1) is 6.47. The lowest BCUT2D eigenvalue weighted by molar-refractivity contribution is -0.131. The van der Waals surface area contributed by atoms with Crippen molar-refractivity contribution in [2.24, 2.45) is 0 Å². The monoisotopic (exact) mass is 162 g/mol. The molecular weight excluding hydrogens is 160 g/mol. The van der Waals surface area contributed by atoms with Gasteiger partial charge in [0.25, 0.3) is 0 Å². The van der Waals surface area contributed by atoms with Crippen LogP contribution in [0.1, 0.15) is 0 Å². The molecule has 0 aromatic rings. The number of hydrogen-bond acceptors (Lipinski definition) is 1. The summed E-state index contributed by atoms with van der Waals surface area (Å²) in [6.07, 6.45) is 0.911. The number of carbonyl (C=O) groups is 1. The van der Waals surface area contributed by atoms with Crippen LogP contribution in [0.25, 0.3) is 0 Å². The lowest BCUT2D eigenvalue weighted by Crippen LogP contribution is -1.82. The minimum absolute atomic E-state index is 0.911. The van der Waals surface area contributed by atoms with Gasteiger partial charge >= 0.3 is 5.97 Å². The largest absolute Gasteiger partial charge is 0.478 e. The van der Waals surface area contributed by atoms with Crippen molar-refractivity contribution in [2.75, 3.05) is 0 Å². The summed E-state index contributed by atoms with van der Waals surface area (Å²) in [5, 5.41) is 7.89. The third-order valence-electron chi connectivity index (χ3n) is 0.270. The van der Waals surface area contributed by atoms with Gasteiger partial charge in [0.2, 0.25) is 0 Å². The summed E-state index contributed by atoms with van der Waals surface area (Å²) in [6, 6.07) is 0. The van der Waals surface area contributed by atoms with Gasteiger partial charge in [0.15, 0.2) is 0 Å². The second-order valence-corrected chi connectivity index (χ2v) is 1.22. The molecule has 2 nitrogen and oxygen atoms in total. The summed E-state index contributed by atoms with van der Waals surface area (Å²) in [7, 11) is 0. The normalized spacial score (nSPS) is 6.43. The smallest absolute Gasteiger partial charge is 0.336 e. The Labute approximate surface area is 49.3 Å². The summed E-state index contributed by atoms with van der Waals surface area (Å²) in [5.41, 5.74) is 2.31. The second-order valence-electron chi connectivity index (χ2n) is 0.758. The van der Waals surface area contributed by atoms with Crippen molar-refractivity contribution in [3.8, 4) is 0 Å². The quantitative estimate of drug-likeness (QED) is 0.464. The molecule has 0 aromatic heterocycles. The van der Waals surface area contributed by atoms with E-state index >= 15 is 0 Å². The summed E-state index contributed by atoms with van der Waals surface area (Å²) < 4.78 is 0. The summed E-state index contributed by atoms with van der Waals surface area (Å²) in [6.45, 7) is 0. The van der Waals surface area contributed by atoms with Gasteiger partial charge in [-0.05, 0) is 0 Å². The maximum Gasteiger partial charge on any atom is 0.336 e. The van der Waals surface area contributed by atoms with Crippen molar-refractivity contribution in [1.82, 2.24) is 0 Å². The van der Waals surface area contributed by atoms with Crippen LogP contribution in [-0.4, -0.2) is 11.1 Å². The predicted octanol–water partition coefficient (Wildman–Crippen LogP) is 1.13. The Hall–Kier alpha value is -0.530. The number of carboxylic acids is 1. The molecule has 0 fully saturated rings. The van der Waals surface area contributed by atoms with Crippen LogP contribution >= 0.6 is 15.9 Å². The molecule has 0 aliphatic heterocycles. The summed E-state index contributed by atoms with van der Waals surface area (Å²) in [4.78, 5) is 10.9. The molecule has 0 aromatic carbocycles. The van der Waals surface area contributed by atoms with E-state index in [2.05, 4.69) is 21.7 Å². The topological polar surface area (TPSA) is 37.3 Å². The first-order valence-corrected chi connectivity index (χ1v) is 2.43. The van der Waals surface area contributed by atoms with E-state index in [-0.39, 0.29) is 0 Å². The number of aliphatic carboxylic acids is 1. The maximum atomic E-state index is 9.60. The maximum absolute atomic E-state index is 9.60. The lowest BCUT2D eigenvalue weighted by Gasteiger charge is -1.66. The van der Waals surface area contributed by atoms with Gasteiger partial charge in [-0.3, -0.25) is 0 Å². The first-order chi connectivity index (χ1) is 3.27. The van der Waals surface area contributed by atoms with E-state index in [1.165, 1.54) is 4.99 Å². The summed E-state index contributed by atoms with van der Waals surface area (Å²) >= 11 is 2.85. The predicted molar refractivity (Wildman–Crippen MR) is 29.2 cm³/mol. The molecule has 38 valence electrons. The molecule has 0 bridgehead atoms. The molecule has 0 rings (SSSR count). The fraction of sp³-hybridized carbons (Fsp3) is 0. The van der Waals surface area contributed by atoms with Crippen molar-refractivity contribution in [3.63, 3.8) is 0 Å². The molecular formula is C4H3BrO2. The van der Waals surface area contributed by atoms with E-state index in [9.17, 15) is 4.79 Å². The fourth-order valence-electron chi connectivity index (χ4n) is 0.103. The van der Waals surface area contributed by atoms with Gasteiger partial charge in [0.05, 0.1) is 6.08 Å². The molecule has 0 saturated heterocycles. The third kappa shape index (κ3) is 5.47. The van der Waals surface area contributed by atoms with E-state index in [4.69, 9.17) is 5.11 Å². The van der Waals surface area contributed by atoms with E-state index in [0.717, 1.165) is 6.08 Å². The molecule has 0 saturated carbocycles. The van der Waals surface area contributed by atoms with Crippen LogP contribution in [0.5, 0.6) is 0 Å². The third-order valence-corrected chi connectivity index (χ3v) is 0.534. The Morgan fingerprint density at radius 2 is 2.43 bits per heavy atom. The molecule has 0 unspecified atom stereocenters. The van der Waals surface area contributed by atoms with Crippen molar-refractivity contribution in [3.05, 3.63) is 16.8 Å². The molecule has 0 aliphatic rings. The molecule has 0 atom stereocenters. The number of halogens is 1. The summed E-state index contributed by atoms with van der Waals surface area (Å²) in [5.74, 6) is -0.990. The van der Waals surface area contributed by atoms with Crippen LogP contribution in [0.2, 0.25) is 0 Å². The number of rotatable bonds is 1. The minimum Gasteiger partial charge on any atom is -0.478 e. The van der Waals surface area contributed by atoms with E-state index in [1.807, 2.05) is 0 Å². The van der Waals surface area contributed by atoms with E-state index < -0.39 is 5.97 Å². The van der Waals surface area contributed by atoms with Gasteiger partial charge in [-0.2, -0.15) is 0 Å². The highest BCUT2D eigenvalue weighted by atomic mass is 79.9. The van der Waals surface area contributed by atoms with Crippen molar-refractivity contribution < 1.29 is 9.90 Å². The van der Waals surface area contributed by atoms with Crippen molar-refractivity contribution >= 4 is 21.9 Å². The van der Waals surface area contributed by atoms with Crippen LogP contribution in [0.4, 0.5) is 0 Å². The Morgan fingerprint density at radius 3 is 2.57 bits per heavy atom. The molecule has 0 heterocycles. The SMILES string of the molecule is O=C(O)C=C=CBr. The first-order valence-electron chi connectivity index (χ1n) is 1.51. The zero-order valence-electron chi connectivity index (χ0n) is 3.39. The van der Waals surface area contributed by atoms with Gasteiger partial charge < -0.3 is 5.11 Å². The van der Waals surface area contributed by atoms with Crippen LogP contribution < -0.4 is 0 Å². The Morgan fingerprint density at radius 1 is 1.86 bits per heavy atom. The van der Waals surface area contributed by atoms with Gasteiger partial charge in [-0.25, -0.2) is 4.79 Å². The Kier molecular flexibility index (Phi) is 3.38. The Balaban J connectivity index is 3.70. The average molecular weight is 163 g/mol. The molecule has 0 aliphatic carbocycles. The van der Waals surface area contributed by atoms with Crippen molar-refractivity contribution in [2.45, 2.75) is 0 Å². The molecule has 0 spiro atoms. The highest BCUT2D eigenvalue weighted by Gasteiger charge is 1.77. The Bertz CT molecular complexity index is 122. The van der Waals surface area contributed by atoms with Gasteiger partial charge in [0.1, 0.15) is 0 Å². The highest BCUT2D eigenvalue weighted by Crippen LogP contribution is 1.76. The van der Waals surface area contributed by atoms with Gasteiger partial charge in [0, 0.05) is 4.99 Å². The highest BCUT2D eigenvalue weighted by molar-refractivity contribution is 9.11. The van der Waals surface area contributed by atoms with Crippen LogP contribution in [0.15, 0.2) is 16.8 Å². The fourth-order valence-corrected chi connectivity index (χ4v) is 0.235. The standard InChI is InChI=1S/C4H3BrO2/c5-3-1-2-4(6)7/h2-3H,(H,6,7). The zero-order chi connectivity index (χ0) is 5.70. The number of carboxylic acid groups (broad SMARTS) is 1. The molecule has 7 heavy (non-hydrogen) atoms. The lowest BCUT2D eigenvalue weighted by atomic mass is 10.6. The van der Waals surface area contributed by atoms with E-state index in [0.29, 0.717) is 0 Å². The van der Waals surface area contributed by atoms with Crippen LogP contribution in [0, 0.1) is 0 Å².